The maximum atomic E-state index is 13.3. The molecule has 0 saturated carbocycles. The molecule has 0 fully saturated rings. The molecule has 0 radical (unpaired) electrons. The largest absolute Gasteiger partial charge is 0.383 e. The van der Waals surface area contributed by atoms with E-state index in [9.17, 15) is 12.8 Å². The molecule has 2 rings (SSSR count). The molecule has 172 valence electrons. The number of nitrogens with zero attached hydrogens (tertiary/aromatic N) is 1. The lowest BCUT2D eigenvalue weighted by Crippen LogP contribution is -2.38. The number of guanidine groups is 1. The molecule has 2 aromatic carbocycles. The summed E-state index contributed by atoms with van der Waals surface area (Å²) in [5, 5.41) is 6.38. The molecule has 0 saturated heterocycles. The summed E-state index contributed by atoms with van der Waals surface area (Å²) < 4.78 is 45.0. The number of hydrogen-bond acceptors (Lipinski definition) is 4. The monoisotopic (exact) mass is 564 g/mol. The van der Waals surface area contributed by atoms with E-state index in [-0.39, 0.29) is 41.2 Å². The zero-order chi connectivity index (χ0) is 21.8. The van der Waals surface area contributed by atoms with Crippen LogP contribution in [-0.2, 0) is 27.7 Å². The summed E-state index contributed by atoms with van der Waals surface area (Å²) >= 11 is 0. The Labute approximate surface area is 201 Å². The molecular formula is C21H30FIN4O3S. The zero-order valence-electron chi connectivity index (χ0n) is 17.7. The van der Waals surface area contributed by atoms with E-state index in [1.807, 2.05) is 13.0 Å². The summed E-state index contributed by atoms with van der Waals surface area (Å²) in [6.45, 7) is 4.21. The van der Waals surface area contributed by atoms with Crippen molar-refractivity contribution in [2.24, 2.45) is 4.99 Å². The minimum absolute atomic E-state index is 0. The van der Waals surface area contributed by atoms with E-state index in [1.54, 1.807) is 30.3 Å². The summed E-state index contributed by atoms with van der Waals surface area (Å²) in [5.74, 6) is 0.402. The van der Waals surface area contributed by atoms with Crippen LogP contribution in [0.2, 0.25) is 0 Å². The summed E-state index contributed by atoms with van der Waals surface area (Å²) in [5.41, 5.74) is 1.79. The fourth-order valence-electron chi connectivity index (χ4n) is 2.67. The Morgan fingerprint density at radius 3 is 2.45 bits per heavy atom. The molecule has 0 unspecified atom stereocenters. The normalized spacial score (nSPS) is 11.6. The number of nitrogens with one attached hydrogen (secondary N) is 3. The zero-order valence-corrected chi connectivity index (χ0v) is 20.9. The van der Waals surface area contributed by atoms with Crippen molar-refractivity contribution in [2.75, 3.05) is 33.4 Å². The Morgan fingerprint density at radius 2 is 1.81 bits per heavy atom. The quantitative estimate of drug-likeness (QED) is 0.169. The number of halogens is 2. The van der Waals surface area contributed by atoms with E-state index in [2.05, 4.69) is 20.3 Å². The van der Waals surface area contributed by atoms with Crippen LogP contribution in [0.1, 0.15) is 18.1 Å². The highest BCUT2D eigenvalue weighted by Gasteiger charge is 2.12. The van der Waals surface area contributed by atoms with Gasteiger partial charge in [0, 0.05) is 26.7 Å². The van der Waals surface area contributed by atoms with Gasteiger partial charge in [-0.1, -0.05) is 24.3 Å². The lowest BCUT2D eigenvalue weighted by Gasteiger charge is -2.11. The van der Waals surface area contributed by atoms with Crippen molar-refractivity contribution in [2.45, 2.75) is 24.8 Å². The third kappa shape index (κ3) is 9.93. The Kier molecular flexibility index (Phi) is 12.6. The van der Waals surface area contributed by atoms with Crippen molar-refractivity contribution in [3.05, 3.63) is 65.5 Å². The first-order valence-electron chi connectivity index (χ1n) is 9.78. The van der Waals surface area contributed by atoms with Crippen LogP contribution in [0.4, 0.5) is 4.39 Å². The standard InChI is InChI=1S/C21H29FN4O3S.HI/c1-3-23-21(24-12-11-17-5-4-6-19(22)15-17)25-16-18-7-9-20(10-8-18)30(27,28)26-13-14-29-2;/h4-10,15,26H,3,11-14,16H2,1-2H3,(H2,23,24,25);1H. The van der Waals surface area contributed by atoms with Crippen LogP contribution >= 0.6 is 24.0 Å². The third-order valence-electron chi connectivity index (χ3n) is 4.19. The molecule has 3 N–H and O–H groups in total. The molecule has 0 aliphatic carbocycles. The van der Waals surface area contributed by atoms with E-state index in [1.165, 1.54) is 19.2 Å². The minimum Gasteiger partial charge on any atom is -0.383 e. The molecule has 0 bridgehead atoms. The molecule has 0 aliphatic rings. The molecule has 10 heteroatoms. The highest BCUT2D eigenvalue weighted by molar-refractivity contribution is 14.0. The van der Waals surface area contributed by atoms with Crippen molar-refractivity contribution in [1.29, 1.82) is 0 Å². The minimum atomic E-state index is -3.55. The van der Waals surface area contributed by atoms with Gasteiger partial charge in [0.1, 0.15) is 5.82 Å². The smallest absolute Gasteiger partial charge is 0.240 e. The Bertz CT molecular complexity index is 924. The van der Waals surface area contributed by atoms with Gasteiger partial charge in [0.05, 0.1) is 18.0 Å². The van der Waals surface area contributed by atoms with Gasteiger partial charge < -0.3 is 15.4 Å². The third-order valence-corrected chi connectivity index (χ3v) is 5.67. The number of rotatable bonds is 11. The van der Waals surface area contributed by atoms with Crippen molar-refractivity contribution in [1.82, 2.24) is 15.4 Å². The predicted octanol–water partition coefficient (Wildman–Crippen LogP) is 2.67. The Hall–Kier alpha value is -1.76. The molecule has 0 atom stereocenters. The van der Waals surface area contributed by atoms with Crippen molar-refractivity contribution in [3.63, 3.8) is 0 Å². The highest BCUT2D eigenvalue weighted by Crippen LogP contribution is 2.11. The number of methoxy groups -OCH3 is 1. The fourth-order valence-corrected chi connectivity index (χ4v) is 3.68. The molecule has 31 heavy (non-hydrogen) atoms. The number of aliphatic imine (C=N–C) groups is 1. The maximum Gasteiger partial charge on any atom is 0.240 e. The summed E-state index contributed by atoms with van der Waals surface area (Å²) in [7, 11) is -2.03. The van der Waals surface area contributed by atoms with Crippen LogP contribution in [0.25, 0.3) is 0 Å². The summed E-state index contributed by atoms with van der Waals surface area (Å²) in [6.07, 6.45) is 0.671. The average molecular weight is 564 g/mol. The van der Waals surface area contributed by atoms with Gasteiger partial charge in [0.2, 0.25) is 10.0 Å². The van der Waals surface area contributed by atoms with E-state index in [0.717, 1.165) is 11.1 Å². The van der Waals surface area contributed by atoms with Gasteiger partial charge in [-0.2, -0.15) is 0 Å². The molecule has 7 nitrogen and oxygen atoms in total. The second kappa shape index (κ2) is 14.3. The number of sulfonamides is 1. The second-order valence-electron chi connectivity index (χ2n) is 6.54. The van der Waals surface area contributed by atoms with Gasteiger partial charge in [-0.3, -0.25) is 0 Å². The van der Waals surface area contributed by atoms with E-state index in [0.29, 0.717) is 38.6 Å². The Balaban J connectivity index is 0.00000480. The summed E-state index contributed by atoms with van der Waals surface area (Å²) in [6, 6.07) is 13.1. The van der Waals surface area contributed by atoms with Gasteiger partial charge >= 0.3 is 0 Å². The highest BCUT2D eigenvalue weighted by atomic mass is 127. The SMILES string of the molecule is CCNC(=NCc1ccc(S(=O)(=O)NCCOC)cc1)NCCc1cccc(F)c1.I. The van der Waals surface area contributed by atoms with E-state index >= 15 is 0 Å². The number of benzene rings is 2. The van der Waals surface area contributed by atoms with E-state index in [4.69, 9.17) is 4.74 Å². The molecule has 0 aromatic heterocycles. The van der Waals surface area contributed by atoms with Gasteiger partial charge in [-0.05, 0) is 48.7 Å². The van der Waals surface area contributed by atoms with Crippen LogP contribution in [0, 0.1) is 5.82 Å². The lowest BCUT2D eigenvalue weighted by molar-refractivity contribution is 0.204. The van der Waals surface area contributed by atoms with Crippen LogP contribution in [0.5, 0.6) is 0 Å². The Morgan fingerprint density at radius 1 is 1.06 bits per heavy atom. The topological polar surface area (TPSA) is 91.8 Å². The van der Waals surface area contributed by atoms with Gasteiger partial charge in [-0.15, -0.1) is 24.0 Å². The van der Waals surface area contributed by atoms with Crippen LogP contribution in [0.3, 0.4) is 0 Å². The molecule has 0 spiro atoms. The number of ether oxygens (including phenoxy) is 1. The molecule has 2 aromatic rings. The molecule has 0 amide bonds. The number of hydrogen-bond donors (Lipinski definition) is 3. The van der Waals surface area contributed by atoms with Crippen LogP contribution in [0.15, 0.2) is 58.4 Å². The van der Waals surface area contributed by atoms with Crippen molar-refractivity contribution >= 4 is 40.0 Å². The maximum absolute atomic E-state index is 13.3. The average Bonchev–Trinajstić information content (AvgIpc) is 2.72. The first-order chi connectivity index (χ1) is 14.4. The molecular weight excluding hydrogens is 534 g/mol. The predicted molar refractivity (Wildman–Crippen MR) is 132 cm³/mol. The summed E-state index contributed by atoms with van der Waals surface area (Å²) in [4.78, 5) is 4.72. The van der Waals surface area contributed by atoms with Crippen molar-refractivity contribution < 1.29 is 17.5 Å². The van der Waals surface area contributed by atoms with Gasteiger partial charge in [-0.25, -0.2) is 22.5 Å². The second-order valence-corrected chi connectivity index (χ2v) is 8.30. The lowest BCUT2D eigenvalue weighted by atomic mass is 10.1. The fraction of sp³-hybridized carbons (Fsp3) is 0.381. The molecule has 0 aliphatic heterocycles. The van der Waals surface area contributed by atoms with Gasteiger partial charge in [0.25, 0.3) is 0 Å². The first kappa shape index (κ1) is 27.3. The molecule has 0 heterocycles. The van der Waals surface area contributed by atoms with E-state index < -0.39 is 10.0 Å². The van der Waals surface area contributed by atoms with Crippen LogP contribution in [-0.4, -0.2) is 47.7 Å². The first-order valence-corrected chi connectivity index (χ1v) is 11.3. The van der Waals surface area contributed by atoms with Crippen molar-refractivity contribution in [3.8, 4) is 0 Å². The van der Waals surface area contributed by atoms with Gasteiger partial charge in [0.15, 0.2) is 5.96 Å². The van der Waals surface area contributed by atoms with Crippen LogP contribution < -0.4 is 15.4 Å².